The molecule has 0 bridgehead atoms. The zero-order valence-electron chi connectivity index (χ0n) is 15.1. The molecule has 0 unspecified atom stereocenters. The van der Waals surface area contributed by atoms with E-state index in [2.05, 4.69) is 0 Å². The van der Waals surface area contributed by atoms with E-state index < -0.39 is 10.0 Å². The van der Waals surface area contributed by atoms with Crippen LogP contribution in [0.15, 0.2) is 35.2 Å². The molecule has 0 saturated carbocycles. The van der Waals surface area contributed by atoms with Gasteiger partial charge in [-0.25, -0.2) is 8.42 Å². The molecule has 1 aromatic heterocycles. The van der Waals surface area contributed by atoms with Crippen LogP contribution in [0.3, 0.4) is 0 Å². The molecule has 2 aliphatic rings. The molecule has 0 spiro atoms. The summed E-state index contributed by atoms with van der Waals surface area (Å²) in [6.45, 7) is 3.49. The van der Waals surface area contributed by atoms with Crippen LogP contribution in [-0.4, -0.2) is 42.8 Å². The van der Waals surface area contributed by atoms with E-state index in [4.69, 9.17) is 0 Å². The lowest BCUT2D eigenvalue weighted by atomic mass is 10.2. The quantitative estimate of drug-likeness (QED) is 0.829. The van der Waals surface area contributed by atoms with Crippen LogP contribution in [0.4, 0.5) is 5.69 Å². The number of hydrogen-bond acceptors (Lipinski definition) is 3. The van der Waals surface area contributed by atoms with Crippen molar-refractivity contribution in [2.24, 2.45) is 7.05 Å². The molecule has 0 N–H and O–H groups in total. The van der Waals surface area contributed by atoms with Crippen molar-refractivity contribution in [3.63, 3.8) is 0 Å². The number of benzene rings is 1. The predicted molar refractivity (Wildman–Crippen MR) is 100.0 cm³/mol. The SMILES string of the molecule is Cc1c(S(=O)(=O)N2CCCC2)cc(C(=O)N2CCc3ccccc32)n1C. The van der Waals surface area contributed by atoms with Crippen LogP contribution in [0, 0.1) is 6.92 Å². The Balaban J connectivity index is 1.72. The fourth-order valence-corrected chi connectivity index (χ4v) is 5.68. The number of rotatable bonds is 3. The Morgan fingerprint density at radius 3 is 2.50 bits per heavy atom. The van der Waals surface area contributed by atoms with E-state index in [9.17, 15) is 13.2 Å². The summed E-state index contributed by atoms with van der Waals surface area (Å²) < 4.78 is 29.1. The van der Waals surface area contributed by atoms with Gasteiger partial charge in [0.1, 0.15) is 10.6 Å². The second kappa shape index (κ2) is 6.25. The highest BCUT2D eigenvalue weighted by atomic mass is 32.2. The molecule has 0 atom stereocenters. The standard InChI is InChI=1S/C19H23N3O3S/c1-14-18(26(24,25)21-10-5-6-11-21)13-17(20(14)2)19(23)22-12-9-15-7-3-4-8-16(15)22/h3-4,7-8,13H,5-6,9-12H2,1-2H3. The Labute approximate surface area is 154 Å². The number of fused-ring (bicyclic) bond motifs is 1. The second-order valence-electron chi connectivity index (χ2n) is 6.98. The van der Waals surface area contributed by atoms with Crippen molar-refractivity contribution in [2.45, 2.75) is 31.1 Å². The van der Waals surface area contributed by atoms with Crippen LogP contribution >= 0.6 is 0 Å². The Morgan fingerprint density at radius 2 is 1.77 bits per heavy atom. The van der Waals surface area contributed by atoms with Gasteiger partial charge in [-0.1, -0.05) is 18.2 Å². The third-order valence-electron chi connectivity index (χ3n) is 5.52. The Bertz CT molecular complexity index is 972. The van der Waals surface area contributed by atoms with Crippen molar-refractivity contribution in [1.82, 2.24) is 8.87 Å². The molecule has 2 aromatic rings. The number of para-hydroxylation sites is 1. The molecular formula is C19H23N3O3S. The van der Waals surface area contributed by atoms with Gasteiger partial charge in [-0.05, 0) is 43.9 Å². The maximum atomic E-state index is 13.1. The fraction of sp³-hybridized carbons (Fsp3) is 0.421. The minimum atomic E-state index is -3.55. The minimum absolute atomic E-state index is 0.150. The first kappa shape index (κ1) is 17.3. The minimum Gasteiger partial charge on any atom is -0.343 e. The van der Waals surface area contributed by atoms with Crippen LogP contribution in [0.25, 0.3) is 0 Å². The molecule has 26 heavy (non-hydrogen) atoms. The van der Waals surface area contributed by atoms with E-state index in [1.165, 1.54) is 4.31 Å². The van der Waals surface area contributed by atoms with Gasteiger partial charge in [-0.2, -0.15) is 4.31 Å². The molecule has 4 rings (SSSR count). The summed E-state index contributed by atoms with van der Waals surface area (Å²) in [6.07, 6.45) is 2.60. The number of anilines is 1. The highest BCUT2D eigenvalue weighted by molar-refractivity contribution is 7.89. The smallest absolute Gasteiger partial charge is 0.274 e. The van der Waals surface area contributed by atoms with Crippen LogP contribution in [0.2, 0.25) is 0 Å². The third kappa shape index (κ3) is 2.57. The van der Waals surface area contributed by atoms with Crippen molar-refractivity contribution >= 4 is 21.6 Å². The van der Waals surface area contributed by atoms with Crippen molar-refractivity contribution in [3.8, 4) is 0 Å². The summed E-state index contributed by atoms with van der Waals surface area (Å²) >= 11 is 0. The number of aromatic nitrogens is 1. The summed E-state index contributed by atoms with van der Waals surface area (Å²) in [6, 6.07) is 9.41. The molecule has 0 aliphatic carbocycles. The van der Waals surface area contributed by atoms with E-state index in [0.717, 1.165) is 30.5 Å². The highest BCUT2D eigenvalue weighted by Crippen LogP contribution is 2.31. The lowest BCUT2D eigenvalue weighted by molar-refractivity contribution is 0.0981. The molecule has 2 aliphatic heterocycles. The topological polar surface area (TPSA) is 62.6 Å². The Kier molecular flexibility index (Phi) is 4.16. The summed E-state index contributed by atoms with van der Waals surface area (Å²) in [7, 11) is -1.79. The Morgan fingerprint density at radius 1 is 1.08 bits per heavy atom. The lowest BCUT2D eigenvalue weighted by Gasteiger charge is -2.17. The molecule has 1 amide bonds. The van der Waals surface area contributed by atoms with Gasteiger partial charge in [0.25, 0.3) is 5.91 Å². The van der Waals surface area contributed by atoms with E-state index in [1.54, 1.807) is 29.5 Å². The average molecular weight is 373 g/mol. The number of nitrogens with zero attached hydrogens (tertiary/aromatic N) is 3. The second-order valence-corrected chi connectivity index (χ2v) is 8.89. The molecule has 1 fully saturated rings. The number of carbonyl (C=O) groups is 1. The number of hydrogen-bond donors (Lipinski definition) is 0. The average Bonchev–Trinajstić information content (AvgIpc) is 3.35. The van der Waals surface area contributed by atoms with Gasteiger partial charge in [-0.3, -0.25) is 4.79 Å². The third-order valence-corrected chi connectivity index (χ3v) is 7.54. The van der Waals surface area contributed by atoms with Crippen molar-refractivity contribution in [2.75, 3.05) is 24.5 Å². The largest absolute Gasteiger partial charge is 0.343 e. The summed E-state index contributed by atoms with van der Waals surface area (Å²) in [4.78, 5) is 15.1. The Hall–Kier alpha value is -2.12. The van der Waals surface area contributed by atoms with E-state index in [-0.39, 0.29) is 10.8 Å². The van der Waals surface area contributed by atoms with Crippen LogP contribution < -0.4 is 4.90 Å². The maximum absolute atomic E-state index is 13.1. The first-order chi connectivity index (χ1) is 12.4. The fourth-order valence-electron chi connectivity index (χ4n) is 3.89. The summed E-state index contributed by atoms with van der Waals surface area (Å²) in [5, 5.41) is 0. The lowest BCUT2D eigenvalue weighted by Crippen LogP contribution is -2.30. The zero-order valence-corrected chi connectivity index (χ0v) is 15.9. The van der Waals surface area contributed by atoms with Gasteiger partial charge in [0.05, 0.1) is 0 Å². The van der Waals surface area contributed by atoms with Gasteiger partial charge in [0.15, 0.2) is 0 Å². The highest BCUT2D eigenvalue weighted by Gasteiger charge is 2.33. The van der Waals surface area contributed by atoms with Crippen molar-refractivity contribution in [1.29, 1.82) is 0 Å². The molecule has 6 nitrogen and oxygen atoms in total. The molecular weight excluding hydrogens is 350 g/mol. The van der Waals surface area contributed by atoms with Gasteiger partial charge in [0.2, 0.25) is 10.0 Å². The van der Waals surface area contributed by atoms with Gasteiger partial charge >= 0.3 is 0 Å². The van der Waals surface area contributed by atoms with E-state index in [0.29, 0.717) is 31.0 Å². The van der Waals surface area contributed by atoms with Crippen molar-refractivity contribution < 1.29 is 13.2 Å². The molecule has 1 saturated heterocycles. The van der Waals surface area contributed by atoms with Crippen LogP contribution in [0.1, 0.15) is 34.6 Å². The van der Waals surface area contributed by atoms with Crippen LogP contribution in [-0.2, 0) is 23.5 Å². The van der Waals surface area contributed by atoms with E-state index >= 15 is 0 Å². The monoisotopic (exact) mass is 373 g/mol. The number of sulfonamides is 1. The van der Waals surface area contributed by atoms with Gasteiger partial charge < -0.3 is 9.47 Å². The molecule has 1 aromatic carbocycles. The zero-order chi connectivity index (χ0) is 18.5. The molecule has 3 heterocycles. The molecule has 0 radical (unpaired) electrons. The number of carbonyl (C=O) groups excluding carboxylic acids is 1. The first-order valence-electron chi connectivity index (χ1n) is 8.97. The van der Waals surface area contributed by atoms with Gasteiger partial charge in [-0.15, -0.1) is 0 Å². The predicted octanol–water partition coefficient (Wildman–Crippen LogP) is 2.32. The van der Waals surface area contributed by atoms with Crippen molar-refractivity contribution in [3.05, 3.63) is 47.3 Å². The van der Waals surface area contributed by atoms with E-state index in [1.807, 2.05) is 24.3 Å². The molecule has 138 valence electrons. The van der Waals surface area contributed by atoms with Crippen LogP contribution in [0.5, 0.6) is 0 Å². The molecule has 7 heteroatoms. The van der Waals surface area contributed by atoms with Gasteiger partial charge in [0, 0.05) is 38.1 Å². The normalized spacial score (nSPS) is 17.7. The number of amides is 1. The summed E-state index contributed by atoms with van der Waals surface area (Å²) in [5.41, 5.74) is 3.08. The maximum Gasteiger partial charge on any atom is 0.274 e. The summed E-state index contributed by atoms with van der Waals surface area (Å²) in [5.74, 6) is -0.150. The first-order valence-corrected chi connectivity index (χ1v) is 10.4.